The molecular weight excluding hydrogens is 270 g/mol. The van der Waals surface area contributed by atoms with E-state index in [9.17, 15) is 14.7 Å². The summed E-state index contributed by atoms with van der Waals surface area (Å²) >= 11 is 0. The summed E-state index contributed by atoms with van der Waals surface area (Å²) in [5.41, 5.74) is 0.910. The van der Waals surface area contributed by atoms with E-state index in [1.165, 1.54) is 0 Å². The highest BCUT2D eigenvalue weighted by molar-refractivity contribution is 5.81. The predicted molar refractivity (Wildman–Crippen MR) is 75.6 cm³/mol. The van der Waals surface area contributed by atoms with Gasteiger partial charge in [-0.25, -0.2) is 9.59 Å². The average Bonchev–Trinajstić information content (AvgIpc) is 2.39. The van der Waals surface area contributed by atoms with Crippen molar-refractivity contribution in [1.29, 1.82) is 0 Å². The van der Waals surface area contributed by atoms with E-state index in [0.717, 1.165) is 24.8 Å². The van der Waals surface area contributed by atoms with Crippen molar-refractivity contribution >= 4 is 12.1 Å². The van der Waals surface area contributed by atoms with Gasteiger partial charge < -0.3 is 15.2 Å². The number of rotatable bonds is 5. The van der Waals surface area contributed by atoms with E-state index in [-0.39, 0.29) is 12.0 Å². The van der Waals surface area contributed by atoms with Crippen LogP contribution in [-0.2, 0) is 16.1 Å². The second-order valence-electron chi connectivity index (χ2n) is 6.68. The number of nitrogens with one attached hydrogen (secondary N) is 1. The van der Waals surface area contributed by atoms with Gasteiger partial charge in [-0.1, -0.05) is 37.3 Å². The van der Waals surface area contributed by atoms with Crippen molar-refractivity contribution in [3.8, 4) is 0 Å². The molecule has 0 spiro atoms. The fourth-order valence-electron chi connectivity index (χ4n) is 4.06. The lowest BCUT2D eigenvalue weighted by molar-refractivity contribution is -0.214. The molecule has 1 atom stereocenters. The Labute approximate surface area is 123 Å². The van der Waals surface area contributed by atoms with Crippen LogP contribution in [0.15, 0.2) is 30.3 Å². The summed E-state index contributed by atoms with van der Waals surface area (Å²) in [6.45, 7) is 2.30. The van der Waals surface area contributed by atoms with E-state index in [0.29, 0.717) is 5.41 Å². The summed E-state index contributed by atoms with van der Waals surface area (Å²) in [6.07, 6.45) is 1.95. The minimum absolute atomic E-state index is 0.143. The maximum atomic E-state index is 11.8. The Morgan fingerprint density at radius 1 is 1.29 bits per heavy atom. The topological polar surface area (TPSA) is 75.6 Å². The molecule has 0 aromatic heterocycles. The monoisotopic (exact) mass is 289 g/mol. The first-order valence-corrected chi connectivity index (χ1v) is 7.13. The van der Waals surface area contributed by atoms with E-state index < -0.39 is 18.1 Å². The van der Waals surface area contributed by atoms with Gasteiger partial charge in [-0.05, 0) is 30.2 Å². The molecule has 112 valence electrons. The maximum Gasteiger partial charge on any atom is 0.408 e. The van der Waals surface area contributed by atoms with E-state index >= 15 is 0 Å². The molecule has 1 aromatic rings. The van der Waals surface area contributed by atoms with E-state index in [4.69, 9.17) is 4.74 Å². The minimum atomic E-state index is -0.978. The summed E-state index contributed by atoms with van der Waals surface area (Å²) in [7, 11) is 0. The number of benzene rings is 1. The molecule has 21 heavy (non-hydrogen) atoms. The molecule has 1 aromatic carbocycles. The molecule has 1 amide bonds. The molecule has 1 unspecified atom stereocenters. The number of ether oxygens (including phenoxy) is 1. The number of carbonyl (C=O) groups is 2. The normalized spacial score (nSPS) is 30.5. The highest BCUT2D eigenvalue weighted by atomic mass is 16.5. The van der Waals surface area contributed by atoms with Crippen LogP contribution in [0.3, 0.4) is 0 Å². The van der Waals surface area contributed by atoms with Crippen LogP contribution in [0.1, 0.15) is 31.7 Å². The first-order valence-electron chi connectivity index (χ1n) is 7.13. The van der Waals surface area contributed by atoms with Gasteiger partial charge in [0.1, 0.15) is 12.6 Å². The number of carbonyl (C=O) groups excluding carboxylic acids is 1. The van der Waals surface area contributed by atoms with Gasteiger partial charge in [0.15, 0.2) is 0 Å². The molecule has 2 N–H and O–H groups in total. The maximum absolute atomic E-state index is 11.8. The number of alkyl carbamates (subject to hydrolysis) is 1. The number of carboxylic acids is 1. The molecule has 0 aliphatic heterocycles. The largest absolute Gasteiger partial charge is 0.480 e. The van der Waals surface area contributed by atoms with Crippen LogP contribution in [0.25, 0.3) is 0 Å². The molecular formula is C16H19NO4. The van der Waals surface area contributed by atoms with Crippen molar-refractivity contribution in [2.75, 3.05) is 0 Å². The first kappa shape index (κ1) is 13.9. The van der Waals surface area contributed by atoms with E-state index in [1.807, 2.05) is 30.3 Å². The molecule has 3 fully saturated rings. The summed E-state index contributed by atoms with van der Waals surface area (Å²) in [5.74, 6) is -0.978. The molecule has 0 heterocycles. The van der Waals surface area contributed by atoms with Gasteiger partial charge in [0, 0.05) is 5.41 Å². The molecule has 5 nitrogen and oxygen atoms in total. The Kier molecular flexibility index (Phi) is 3.15. The van der Waals surface area contributed by atoms with Crippen molar-refractivity contribution in [2.24, 2.45) is 10.8 Å². The number of aliphatic carboxylic acids is 1. The molecule has 3 aliphatic carbocycles. The molecule has 0 radical (unpaired) electrons. The molecule has 3 aliphatic rings. The highest BCUT2D eigenvalue weighted by Crippen LogP contribution is 2.74. The summed E-state index contributed by atoms with van der Waals surface area (Å²) in [6, 6.07) is 8.46. The van der Waals surface area contributed by atoms with Crippen molar-refractivity contribution < 1.29 is 19.4 Å². The van der Waals surface area contributed by atoms with Crippen molar-refractivity contribution in [2.45, 2.75) is 38.8 Å². The average molecular weight is 289 g/mol. The standard InChI is InChI=1S/C16H19NO4/c1-15-8-16(9-15,10-15)12(13(18)19)17-14(20)21-7-11-5-3-2-4-6-11/h2-6,12H,7-10H2,1H3,(H,17,20)(H,18,19). The van der Waals surface area contributed by atoms with Gasteiger partial charge in [-0.15, -0.1) is 0 Å². The van der Waals surface area contributed by atoms with Gasteiger partial charge in [-0.3, -0.25) is 0 Å². The lowest BCUT2D eigenvalue weighted by Crippen LogP contribution is -2.70. The quantitative estimate of drug-likeness (QED) is 0.873. The van der Waals surface area contributed by atoms with Gasteiger partial charge in [0.25, 0.3) is 0 Å². The molecule has 0 saturated heterocycles. The van der Waals surface area contributed by atoms with Crippen LogP contribution in [-0.4, -0.2) is 23.2 Å². The van der Waals surface area contributed by atoms with Crippen LogP contribution in [0.4, 0.5) is 4.79 Å². The van der Waals surface area contributed by atoms with Gasteiger partial charge in [-0.2, -0.15) is 0 Å². The van der Waals surface area contributed by atoms with Crippen molar-refractivity contribution in [1.82, 2.24) is 5.32 Å². The Balaban J connectivity index is 1.54. The van der Waals surface area contributed by atoms with Crippen LogP contribution in [0.5, 0.6) is 0 Å². The Bertz CT molecular complexity index is 549. The van der Waals surface area contributed by atoms with Crippen molar-refractivity contribution in [3.63, 3.8) is 0 Å². The van der Waals surface area contributed by atoms with Crippen LogP contribution in [0, 0.1) is 10.8 Å². The zero-order chi connectivity index (χ0) is 15.1. The fraction of sp³-hybridized carbons (Fsp3) is 0.500. The third-order valence-corrected chi connectivity index (χ3v) is 4.67. The zero-order valence-corrected chi connectivity index (χ0v) is 12.0. The SMILES string of the molecule is CC12CC(C(NC(=O)OCc3ccccc3)C(=O)O)(C1)C2. The molecule has 5 heteroatoms. The van der Waals surface area contributed by atoms with Gasteiger partial charge in [0.2, 0.25) is 0 Å². The Morgan fingerprint density at radius 3 is 2.43 bits per heavy atom. The third kappa shape index (κ3) is 2.48. The smallest absolute Gasteiger partial charge is 0.408 e. The number of amides is 1. The van der Waals surface area contributed by atoms with E-state index in [1.54, 1.807) is 0 Å². The predicted octanol–water partition coefficient (Wildman–Crippen LogP) is 2.56. The third-order valence-electron chi connectivity index (χ3n) is 4.67. The van der Waals surface area contributed by atoms with Crippen LogP contribution >= 0.6 is 0 Å². The molecule has 2 bridgehead atoms. The second kappa shape index (κ2) is 4.76. The molecule has 3 saturated carbocycles. The van der Waals surface area contributed by atoms with Crippen LogP contribution < -0.4 is 5.32 Å². The van der Waals surface area contributed by atoms with Crippen molar-refractivity contribution in [3.05, 3.63) is 35.9 Å². The Hall–Kier alpha value is -2.04. The summed E-state index contributed by atoms with van der Waals surface area (Å²) in [4.78, 5) is 23.2. The minimum Gasteiger partial charge on any atom is -0.480 e. The first-order chi connectivity index (χ1) is 9.92. The number of hydrogen-bond acceptors (Lipinski definition) is 3. The fourth-order valence-corrected chi connectivity index (χ4v) is 4.06. The van der Waals surface area contributed by atoms with Crippen LogP contribution in [0.2, 0.25) is 0 Å². The lowest BCUT2D eigenvalue weighted by Gasteiger charge is -2.71. The number of hydrogen-bond donors (Lipinski definition) is 2. The number of carboxylic acid groups (broad SMARTS) is 1. The zero-order valence-electron chi connectivity index (χ0n) is 12.0. The van der Waals surface area contributed by atoms with E-state index in [2.05, 4.69) is 12.2 Å². The van der Waals surface area contributed by atoms with Gasteiger partial charge >= 0.3 is 12.1 Å². The second-order valence-corrected chi connectivity index (χ2v) is 6.68. The lowest BCUT2D eigenvalue weighted by atomic mass is 9.34. The van der Waals surface area contributed by atoms with Gasteiger partial charge in [0.05, 0.1) is 0 Å². The molecule has 4 rings (SSSR count). The Morgan fingerprint density at radius 2 is 1.90 bits per heavy atom. The summed E-state index contributed by atoms with van der Waals surface area (Å²) in [5, 5.41) is 11.9. The highest BCUT2D eigenvalue weighted by Gasteiger charge is 2.69. The summed E-state index contributed by atoms with van der Waals surface area (Å²) < 4.78 is 5.10.